The number of carboxylic acids is 1. The molecule has 1 N–H and O–H groups in total. The number of hydrogen-bond acceptors (Lipinski definition) is 3. The molecule has 0 amide bonds. The molecule has 1 aromatic carbocycles. The molecule has 1 aliphatic carbocycles. The van der Waals surface area contributed by atoms with Crippen molar-refractivity contribution in [2.24, 2.45) is 0 Å². The lowest BCUT2D eigenvalue weighted by molar-refractivity contribution is -0.145. The van der Waals surface area contributed by atoms with Gasteiger partial charge in [0.15, 0.2) is 11.5 Å². The van der Waals surface area contributed by atoms with Crippen LogP contribution >= 0.6 is 11.6 Å². The summed E-state index contributed by atoms with van der Waals surface area (Å²) in [5.41, 5.74) is 0.747. The van der Waals surface area contributed by atoms with Crippen molar-refractivity contribution in [3.63, 3.8) is 0 Å². The minimum Gasteiger partial charge on any atom is -0.493 e. The van der Waals surface area contributed by atoms with E-state index in [0.717, 1.165) is 30.4 Å². The number of halogens is 1. The molecule has 2 rings (SSSR count). The van der Waals surface area contributed by atoms with Crippen molar-refractivity contribution in [2.45, 2.75) is 57.3 Å². The zero-order valence-corrected chi connectivity index (χ0v) is 15.0. The third-order valence-corrected chi connectivity index (χ3v) is 5.23. The summed E-state index contributed by atoms with van der Waals surface area (Å²) in [6.07, 6.45) is 4.17. The standard InChI is InChI=1S/C18H25ClO4/c1-11(2)14-12(10-13(22-3)16(23-4)15(14)19)18(17(20)21)8-6-5-7-9-18/h10-11H,5-9H2,1-4H3,(H,20,21). The second-order valence-corrected chi connectivity index (χ2v) is 6.87. The summed E-state index contributed by atoms with van der Waals surface area (Å²) in [6.45, 7) is 4.05. The van der Waals surface area contributed by atoms with E-state index in [2.05, 4.69) is 0 Å². The van der Waals surface area contributed by atoms with Gasteiger partial charge in [-0.2, -0.15) is 0 Å². The number of rotatable bonds is 5. The third-order valence-electron chi connectivity index (χ3n) is 4.86. The molecule has 1 fully saturated rings. The highest BCUT2D eigenvalue weighted by Crippen LogP contribution is 2.50. The molecular formula is C18H25ClO4. The highest BCUT2D eigenvalue weighted by atomic mass is 35.5. The number of aliphatic carboxylic acids is 1. The van der Waals surface area contributed by atoms with Crippen LogP contribution in [0.25, 0.3) is 0 Å². The SMILES string of the molecule is COc1cc(C2(C(=O)O)CCCCC2)c(C(C)C)c(Cl)c1OC. The molecule has 0 unspecified atom stereocenters. The van der Waals surface area contributed by atoms with Crippen LogP contribution in [0.5, 0.6) is 11.5 Å². The van der Waals surface area contributed by atoms with Gasteiger partial charge in [0.2, 0.25) is 0 Å². The Hall–Kier alpha value is -1.42. The molecule has 0 saturated heterocycles. The van der Waals surface area contributed by atoms with Gasteiger partial charge in [-0.05, 0) is 36.0 Å². The number of ether oxygens (including phenoxy) is 2. The van der Waals surface area contributed by atoms with Gasteiger partial charge in [-0.25, -0.2) is 0 Å². The average Bonchev–Trinajstić information content (AvgIpc) is 2.53. The van der Waals surface area contributed by atoms with Crippen molar-refractivity contribution in [1.82, 2.24) is 0 Å². The molecule has 0 aromatic heterocycles. The van der Waals surface area contributed by atoms with Crippen molar-refractivity contribution in [3.05, 3.63) is 22.2 Å². The van der Waals surface area contributed by atoms with Crippen LogP contribution in [0.4, 0.5) is 0 Å². The van der Waals surface area contributed by atoms with Crippen LogP contribution in [0.2, 0.25) is 5.02 Å². The van der Waals surface area contributed by atoms with Crippen molar-refractivity contribution >= 4 is 17.6 Å². The summed E-state index contributed by atoms with van der Waals surface area (Å²) in [5.74, 6) is 0.277. The van der Waals surface area contributed by atoms with Gasteiger partial charge in [0.25, 0.3) is 0 Å². The Labute approximate surface area is 142 Å². The second kappa shape index (κ2) is 7.00. The van der Waals surface area contributed by atoms with E-state index in [0.29, 0.717) is 29.4 Å². The highest BCUT2D eigenvalue weighted by molar-refractivity contribution is 6.33. The van der Waals surface area contributed by atoms with E-state index in [1.165, 1.54) is 0 Å². The van der Waals surface area contributed by atoms with Crippen molar-refractivity contribution in [2.75, 3.05) is 14.2 Å². The van der Waals surface area contributed by atoms with Gasteiger partial charge in [-0.1, -0.05) is 44.7 Å². The van der Waals surface area contributed by atoms with E-state index < -0.39 is 11.4 Å². The van der Waals surface area contributed by atoms with Gasteiger partial charge in [0, 0.05) is 0 Å². The lowest BCUT2D eigenvalue weighted by Crippen LogP contribution is -2.39. The quantitative estimate of drug-likeness (QED) is 0.839. The van der Waals surface area contributed by atoms with Crippen LogP contribution in [0.1, 0.15) is 63.0 Å². The molecule has 0 radical (unpaired) electrons. The molecular weight excluding hydrogens is 316 g/mol. The van der Waals surface area contributed by atoms with Crippen LogP contribution in [0.3, 0.4) is 0 Å². The first-order valence-electron chi connectivity index (χ1n) is 8.07. The van der Waals surface area contributed by atoms with Crippen molar-refractivity contribution < 1.29 is 19.4 Å². The first-order chi connectivity index (χ1) is 10.9. The fraction of sp³-hybridized carbons (Fsp3) is 0.611. The van der Waals surface area contributed by atoms with Crippen LogP contribution in [-0.2, 0) is 10.2 Å². The third kappa shape index (κ3) is 3.01. The molecule has 1 aromatic rings. The van der Waals surface area contributed by atoms with E-state index >= 15 is 0 Å². The first kappa shape index (κ1) is 17.9. The molecule has 5 heteroatoms. The van der Waals surface area contributed by atoms with E-state index in [9.17, 15) is 9.90 Å². The smallest absolute Gasteiger partial charge is 0.314 e. The number of carbonyl (C=O) groups is 1. The molecule has 1 saturated carbocycles. The van der Waals surface area contributed by atoms with Gasteiger partial charge in [0.05, 0.1) is 24.7 Å². The molecule has 1 aliphatic rings. The Kier molecular flexibility index (Phi) is 5.45. The number of hydrogen-bond donors (Lipinski definition) is 1. The van der Waals surface area contributed by atoms with Crippen LogP contribution < -0.4 is 9.47 Å². The van der Waals surface area contributed by atoms with Crippen LogP contribution in [0, 0.1) is 0 Å². The summed E-state index contributed by atoms with van der Waals surface area (Å²) in [5, 5.41) is 10.5. The Morgan fingerprint density at radius 3 is 2.26 bits per heavy atom. The van der Waals surface area contributed by atoms with Gasteiger partial charge in [-0.3, -0.25) is 4.79 Å². The Bertz CT molecular complexity index is 589. The predicted octanol–water partition coefficient (Wildman–Crippen LogP) is 4.77. The lowest BCUT2D eigenvalue weighted by atomic mass is 9.67. The van der Waals surface area contributed by atoms with E-state index in [1.807, 2.05) is 19.9 Å². The molecule has 0 aliphatic heterocycles. The minimum absolute atomic E-state index is 0.0930. The lowest BCUT2D eigenvalue weighted by Gasteiger charge is -2.36. The second-order valence-electron chi connectivity index (χ2n) is 6.49. The zero-order valence-electron chi connectivity index (χ0n) is 14.2. The van der Waals surface area contributed by atoms with E-state index in [-0.39, 0.29) is 5.92 Å². The molecule has 0 spiro atoms. The Morgan fingerprint density at radius 2 is 1.83 bits per heavy atom. The summed E-state index contributed by atoms with van der Waals surface area (Å²) >= 11 is 6.58. The maximum atomic E-state index is 12.2. The number of benzene rings is 1. The zero-order chi connectivity index (χ0) is 17.2. The predicted molar refractivity (Wildman–Crippen MR) is 91.0 cm³/mol. The van der Waals surface area contributed by atoms with Gasteiger partial charge in [0.1, 0.15) is 0 Å². The van der Waals surface area contributed by atoms with Gasteiger partial charge in [-0.15, -0.1) is 0 Å². The number of methoxy groups -OCH3 is 2. The first-order valence-corrected chi connectivity index (χ1v) is 8.45. The molecule has 0 atom stereocenters. The maximum absolute atomic E-state index is 12.2. The molecule has 128 valence electrons. The van der Waals surface area contributed by atoms with Gasteiger partial charge >= 0.3 is 5.97 Å². The normalized spacial score (nSPS) is 17.1. The average molecular weight is 341 g/mol. The molecule has 4 nitrogen and oxygen atoms in total. The van der Waals surface area contributed by atoms with Gasteiger partial charge < -0.3 is 14.6 Å². The maximum Gasteiger partial charge on any atom is 0.314 e. The summed E-state index contributed by atoms with van der Waals surface area (Å²) in [4.78, 5) is 12.2. The fourth-order valence-corrected chi connectivity index (χ4v) is 4.17. The summed E-state index contributed by atoms with van der Waals surface area (Å²) in [7, 11) is 3.09. The molecule has 0 bridgehead atoms. The minimum atomic E-state index is -0.888. The largest absolute Gasteiger partial charge is 0.493 e. The molecule has 23 heavy (non-hydrogen) atoms. The van der Waals surface area contributed by atoms with Crippen molar-refractivity contribution in [1.29, 1.82) is 0 Å². The highest BCUT2D eigenvalue weighted by Gasteiger charge is 2.44. The monoisotopic (exact) mass is 340 g/mol. The van der Waals surface area contributed by atoms with Crippen LogP contribution in [-0.4, -0.2) is 25.3 Å². The van der Waals surface area contributed by atoms with E-state index in [4.69, 9.17) is 21.1 Å². The Morgan fingerprint density at radius 1 is 1.22 bits per heavy atom. The molecule has 0 heterocycles. The van der Waals surface area contributed by atoms with E-state index in [1.54, 1.807) is 14.2 Å². The summed E-state index contributed by atoms with van der Waals surface area (Å²) in [6, 6.07) is 1.82. The summed E-state index contributed by atoms with van der Waals surface area (Å²) < 4.78 is 10.8. The topological polar surface area (TPSA) is 55.8 Å². The number of carboxylic acid groups (broad SMARTS) is 1. The van der Waals surface area contributed by atoms with Crippen LogP contribution in [0.15, 0.2) is 6.07 Å². The fourth-order valence-electron chi connectivity index (χ4n) is 3.68. The van der Waals surface area contributed by atoms with Crippen molar-refractivity contribution in [3.8, 4) is 11.5 Å². The Balaban J connectivity index is 2.77.